The minimum Gasteiger partial charge on any atom is -0.321 e. The van der Waals surface area contributed by atoms with Crippen LogP contribution in [-0.2, 0) is 6.54 Å². The molecule has 0 spiro atoms. The van der Waals surface area contributed by atoms with Crippen LogP contribution in [0.3, 0.4) is 0 Å². The molecule has 2 aromatic carbocycles. The van der Waals surface area contributed by atoms with Crippen molar-refractivity contribution in [2.45, 2.75) is 6.54 Å². The van der Waals surface area contributed by atoms with Gasteiger partial charge in [0.05, 0.1) is 16.8 Å². The number of benzene rings is 2. The van der Waals surface area contributed by atoms with Crippen molar-refractivity contribution >= 4 is 49.2 Å². The van der Waals surface area contributed by atoms with Gasteiger partial charge in [-0.05, 0) is 36.4 Å². The number of fused-ring (bicyclic) bond motifs is 1. The first kappa shape index (κ1) is 15.0. The van der Waals surface area contributed by atoms with Gasteiger partial charge in [0.25, 0.3) is 0 Å². The Kier molecular flexibility index (Phi) is 4.40. The second-order valence-corrected chi connectivity index (χ2v) is 6.90. The summed E-state index contributed by atoms with van der Waals surface area (Å²) in [6, 6.07) is 15.3. The zero-order chi connectivity index (χ0) is 15.5. The van der Waals surface area contributed by atoms with Crippen LogP contribution in [0, 0.1) is 0 Å². The molecule has 0 aliphatic carbocycles. The summed E-state index contributed by atoms with van der Waals surface area (Å²) in [6.07, 6.45) is 0. The monoisotopic (exact) mass is 375 g/mol. The average Bonchev–Trinajstić information content (AvgIpc) is 2.91. The summed E-state index contributed by atoms with van der Waals surface area (Å²) in [7, 11) is 1.76. The summed E-state index contributed by atoms with van der Waals surface area (Å²) in [5.74, 6) is 0. The fourth-order valence-corrected chi connectivity index (χ4v) is 3.30. The highest BCUT2D eigenvalue weighted by molar-refractivity contribution is 9.10. The highest BCUT2D eigenvalue weighted by Gasteiger charge is 2.12. The number of thiazole rings is 1. The normalized spacial score (nSPS) is 10.6. The van der Waals surface area contributed by atoms with Gasteiger partial charge < -0.3 is 10.2 Å². The summed E-state index contributed by atoms with van der Waals surface area (Å²) >= 11 is 4.98. The molecule has 0 radical (unpaired) electrons. The van der Waals surface area contributed by atoms with Crippen molar-refractivity contribution in [1.29, 1.82) is 0 Å². The second-order valence-electron chi connectivity index (χ2n) is 4.87. The topological polar surface area (TPSA) is 45.2 Å². The molecule has 3 rings (SSSR count). The molecule has 0 aliphatic heterocycles. The lowest BCUT2D eigenvalue weighted by Crippen LogP contribution is -2.30. The Hall–Kier alpha value is -1.92. The average molecular weight is 376 g/mol. The zero-order valence-corrected chi connectivity index (χ0v) is 14.3. The van der Waals surface area contributed by atoms with Gasteiger partial charge in [-0.15, -0.1) is 11.3 Å². The molecule has 0 bridgehead atoms. The minimum absolute atomic E-state index is 0.151. The number of para-hydroxylation sites is 1. The Bertz CT molecular complexity index is 768. The number of hydrogen-bond donors (Lipinski definition) is 1. The Morgan fingerprint density at radius 3 is 2.68 bits per heavy atom. The number of carbonyl (C=O) groups is 1. The fourth-order valence-electron chi connectivity index (χ4n) is 2.01. The van der Waals surface area contributed by atoms with E-state index in [-0.39, 0.29) is 6.03 Å². The van der Waals surface area contributed by atoms with Crippen LogP contribution >= 0.6 is 27.3 Å². The van der Waals surface area contributed by atoms with Crippen molar-refractivity contribution in [3.8, 4) is 0 Å². The van der Waals surface area contributed by atoms with Crippen LogP contribution in [0.15, 0.2) is 53.0 Å². The van der Waals surface area contributed by atoms with E-state index in [0.717, 1.165) is 25.4 Å². The molecular formula is C16H14BrN3OS. The first-order chi connectivity index (χ1) is 10.6. The van der Waals surface area contributed by atoms with Crippen LogP contribution < -0.4 is 5.32 Å². The van der Waals surface area contributed by atoms with Gasteiger partial charge in [-0.1, -0.05) is 28.1 Å². The summed E-state index contributed by atoms with van der Waals surface area (Å²) in [4.78, 5) is 18.4. The maximum atomic E-state index is 12.2. The van der Waals surface area contributed by atoms with E-state index in [4.69, 9.17) is 0 Å². The van der Waals surface area contributed by atoms with Gasteiger partial charge in [0.1, 0.15) is 5.01 Å². The molecule has 0 saturated heterocycles. The molecule has 1 aromatic heterocycles. The van der Waals surface area contributed by atoms with Crippen molar-refractivity contribution in [1.82, 2.24) is 9.88 Å². The maximum Gasteiger partial charge on any atom is 0.321 e. The minimum atomic E-state index is -0.151. The summed E-state index contributed by atoms with van der Waals surface area (Å²) in [5.41, 5.74) is 1.74. The SMILES string of the molecule is CN(Cc1nc2ccccc2s1)C(=O)Nc1ccc(Br)cc1. The van der Waals surface area contributed by atoms with Crippen molar-refractivity contribution in [2.75, 3.05) is 12.4 Å². The number of halogens is 1. The first-order valence-electron chi connectivity index (χ1n) is 6.74. The molecule has 1 heterocycles. The predicted molar refractivity (Wildman–Crippen MR) is 94.2 cm³/mol. The van der Waals surface area contributed by atoms with E-state index in [1.807, 2.05) is 48.5 Å². The highest BCUT2D eigenvalue weighted by Crippen LogP contribution is 2.22. The predicted octanol–water partition coefficient (Wildman–Crippen LogP) is 4.72. The second kappa shape index (κ2) is 6.46. The van der Waals surface area contributed by atoms with Crippen molar-refractivity contribution in [3.63, 3.8) is 0 Å². The lowest BCUT2D eigenvalue weighted by Gasteiger charge is -2.16. The van der Waals surface area contributed by atoms with Crippen LogP contribution in [0.2, 0.25) is 0 Å². The summed E-state index contributed by atoms with van der Waals surface area (Å²) in [6.45, 7) is 0.488. The number of hydrogen-bond acceptors (Lipinski definition) is 3. The number of anilines is 1. The molecule has 4 nitrogen and oxygen atoms in total. The van der Waals surface area contributed by atoms with Gasteiger partial charge in [0, 0.05) is 17.2 Å². The third-order valence-electron chi connectivity index (χ3n) is 3.15. The molecule has 3 aromatic rings. The van der Waals surface area contributed by atoms with Crippen molar-refractivity contribution in [3.05, 3.63) is 58.0 Å². The first-order valence-corrected chi connectivity index (χ1v) is 8.35. The van der Waals surface area contributed by atoms with E-state index in [1.165, 1.54) is 0 Å². The van der Waals surface area contributed by atoms with Gasteiger partial charge >= 0.3 is 6.03 Å². The van der Waals surface area contributed by atoms with E-state index < -0.39 is 0 Å². The smallest absolute Gasteiger partial charge is 0.321 e. The molecule has 0 atom stereocenters. The van der Waals surface area contributed by atoms with Crippen LogP contribution in [0.25, 0.3) is 10.2 Å². The Morgan fingerprint density at radius 1 is 1.23 bits per heavy atom. The van der Waals surface area contributed by atoms with Crippen LogP contribution in [0.5, 0.6) is 0 Å². The molecule has 0 saturated carbocycles. The van der Waals surface area contributed by atoms with E-state index in [0.29, 0.717) is 6.54 Å². The van der Waals surface area contributed by atoms with Crippen LogP contribution in [0.1, 0.15) is 5.01 Å². The molecule has 2 amide bonds. The molecule has 22 heavy (non-hydrogen) atoms. The van der Waals surface area contributed by atoms with Gasteiger partial charge in [-0.2, -0.15) is 0 Å². The molecular weight excluding hydrogens is 362 g/mol. The number of rotatable bonds is 3. The number of nitrogens with zero attached hydrogens (tertiary/aromatic N) is 2. The van der Waals surface area contributed by atoms with E-state index in [1.54, 1.807) is 23.3 Å². The largest absolute Gasteiger partial charge is 0.321 e. The number of urea groups is 1. The van der Waals surface area contributed by atoms with E-state index in [2.05, 4.69) is 26.2 Å². The van der Waals surface area contributed by atoms with Crippen LogP contribution in [-0.4, -0.2) is 23.0 Å². The zero-order valence-electron chi connectivity index (χ0n) is 11.9. The molecule has 0 aliphatic rings. The van der Waals surface area contributed by atoms with Gasteiger partial charge in [-0.25, -0.2) is 9.78 Å². The number of carbonyl (C=O) groups excluding carboxylic acids is 1. The molecule has 0 unspecified atom stereocenters. The number of aromatic nitrogens is 1. The maximum absolute atomic E-state index is 12.2. The fraction of sp³-hybridized carbons (Fsp3) is 0.125. The molecule has 1 N–H and O–H groups in total. The third-order valence-corrected chi connectivity index (χ3v) is 4.70. The Balaban J connectivity index is 1.66. The highest BCUT2D eigenvalue weighted by atomic mass is 79.9. The van der Waals surface area contributed by atoms with Gasteiger partial charge in [0.2, 0.25) is 0 Å². The molecule has 112 valence electrons. The lowest BCUT2D eigenvalue weighted by atomic mass is 10.3. The Labute approximate surface area is 140 Å². The van der Waals surface area contributed by atoms with Gasteiger partial charge in [0.15, 0.2) is 0 Å². The van der Waals surface area contributed by atoms with Crippen molar-refractivity contribution < 1.29 is 4.79 Å². The van der Waals surface area contributed by atoms with E-state index in [9.17, 15) is 4.79 Å². The van der Waals surface area contributed by atoms with Crippen molar-refractivity contribution in [2.24, 2.45) is 0 Å². The summed E-state index contributed by atoms with van der Waals surface area (Å²) in [5, 5.41) is 3.79. The number of nitrogens with one attached hydrogen (secondary N) is 1. The summed E-state index contributed by atoms with van der Waals surface area (Å²) < 4.78 is 2.12. The van der Waals surface area contributed by atoms with Crippen LogP contribution in [0.4, 0.5) is 10.5 Å². The Morgan fingerprint density at radius 2 is 1.95 bits per heavy atom. The lowest BCUT2D eigenvalue weighted by molar-refractivity contribution is 0.220. The molecule has 6 heteroatoms. The third kappa shape index (κ3) is 3.45. The standard InChI is InChI=1S/C16H14BrN3OS/c1-20(16(21)18-12-8-6-11(17)7-9-12)10-15-19-13-4-2-3-5-14(13)22-15/h2-9H,10H2,1H3,(H,18,21). The van der Waals surface area contributed by atoms with E-state index >= 15 is 0 Å². The quantitative estimate of drug-likeness (QED) is 0.719. The number of amides is 2. The van der Waals surface area contributed by atoms with Gasteiger partial charge in [-0.3, -0.25) is 0 Å². The molecule has 0 fully saturated rings.